The van der Waals surface area contributed by atoms with Gasteiger partial charge < -0.3 is 9.47 Å². The molecule has 3 rings (SSSR count). The maximum absolute atomic E-state index is 5.36. The zero-order chi connectivity index (χ0) is 14.8. The van der Waals surface area contributed by atoms with Gasteiger partial charge in [0, 0.05) is 6.07 Å². The van der Waals surface area contributed by atoms with Gasteiger partial charge in [0.05, 0.1) is 19.0 Å². The van der Waals surface area contributed by atoms with Crippen molar-refractivity contribution in [2.24, 2.45) is 0 Å². The summed E-state index contributed by atoms with van der Waals surface area (Å²) < 4.78 is 10.7. The molecule has 1 atom stereocenters. The van der Waals surface area contributed by atoms with Gasteiger partial charge in [-0.05, 0) is 53.6 Å². The summed E-state index contributed by atoms with van der Waals surface area (Å²) in [5.41, 5.74) is 5.42. The minimum atomic E-state index is 0.146. The summed E-state index contributed by atoms with van der Waals surface area (Å²) in [7, 11) is 3.36. The molecule has 0 heterocycles. The molecule has 21 heavy (non-hydrogen) atoms. The van der Waals surface area contributed by atoms with Gasteiger partial charge >= 0.3 is 0 Å². The average Bonchev–Trinajstić information content (AvgIpc) is 3.01. The second-order valence-corrected chi connectivity index (χ2v) is 6.31. The summed E-state index contributed by atoms with van der Waals surface area (Å²) in [6, 6.07) is 12.8. The maximum Gasteiger partial charge on any atom is 0.122 e. The first-order valence-corrected chi connectivity index (χ1v) is 8.11. The monoisotopic (exact) mass is 346 g/mol. The number of halogens is 1. The molecule has 0 fully saturated rings. The lowest BCUT2D eigenvalue weighted by molar-refractivity contribution is 0.393. The van der Waals surface area contributed by atoms with Crippen molar-refractivity contribution in [2.75, 3.05) is 14.2 Å². The highest BCUT2D eigenvalue weighted by atomic mass is 79.9. The molecule has 0 amide bonds. The number of alkyl halides is 1. The highest BCUT2D eigenvalue weighted by Gasteiger charge is 2.17. The van der Waals surface area contributed by atoms with Gasteiger partial charge in [0.1, 0.15) is 11.5 Å². The standard InChI is InChI=1S/C18H19BrO2/c1-20-16-9-15(10-17(11-16)21-2)18(19)14-7-6-12-4-3-5-13(12)8-14/h6-11,18H,3-5H2,1-2H3. The lowest BCUT2D eigenvalue weighted by Gasteiger charge is -2.15. The number of rotatable bonds is 4. The first kappa shape index (κ1) is 14.5. The first-order valence-electron chi connectivity index (χ1n) is 7.20. The van der Waals surface area contributed by atoms with Gasteiger partial charge in [-0.2, -0.15) is 0 Å². The van der Waals surface area contributed by atoms with Gasteiger partial charge in [0.15, 0.2) is 0 Å². The van der Waals surface area contributed by atoms with E-state index in [1.165, 1.54) is 36.0 Å². The smallest absolute Gasteiger partial charge is 0.122 e. The number of ether oxygens (including phenoxy) is 2. The molecule has 0 aromatic heterocycles. The van der Waals surface area contributed by atoms with Crippen molar-refractivity contribution >= 4 is 15.9 Å². The number of aryl methyl sites for hydroxylation is 2. The van der Waals surface area contributed by atoms with E-state index in [1.54, 1.807) is 14.2 Å². The van der Waals surface area contributed by atoms with E-state index in [1.807, 2.05) is 6.07 Å². The number of fused-ring (bicyclic) bond motifs is 1. The van der Waals surface area contributed by atoms with Crippen LogP contribution in [-0.2, 0) is 12.8 Å². The molecule has 2 aromatic rings. The second-order valence-electron chi connectivity index (χ2n) is 5.39. The Balaban J connectivity index is 1.96. The Kier molecular flexibility index (Phi) is 4.20. The Hall–Kier alpha value is -1.48. The SMILES string of the molecule is COc1cc(OC)cc(C(Br)c2ccc3c(c2)CCC3)c1. The predicted octanol–water partition coefficient (Wildman–Crippen LogP) is 4.68. The Morgan fingerprint density at radius 1 is 0.857 bits per heavy atom. The van der Waals surface area contributed by atoms with Crippen LogP contribution in [0.2, 0.25) is 0 Å². The number of methoxy groups -OCH3 is 2. The number of hydrogen-bond acceptors (Lipinski definition) is 2. The van der Waals surface area contributed by atoms with Crippen LogP contribution >= 0.6 is 15.9 Å². The fourth-order valence-electron chi connectivity index (χ4n) is 2.92. The Morgan fingerprint density at radius 2 is 1.52 bits per heavy atom. The minimum absolute atomic E-state index is 0.146. The molecule has 1 aliphatic carbocycles. The summed E-state index contributed by atoms with van der Waals surface area (Å²) in [6.45, 7) is 0. The van der Waals surface area contributed by atoms with Gasteiger partial charge in [-0.3, -0.25) is 0 Å². The van der Waals surface area contributed by atoms with E-state index >= 15 is 0 Å². The first-order chi connectivity index (χ1) is 10.2. The molecule has 110 valence electrons. The van der Waals surface area contributed by atoms with E-state index in [0.717, 1.165) is 17.1 Å². The number of benzene rings is 2. The van der Waals surface area contributed by atoms with Crippen molar-refractivity contribution < 1.29 is 9.47 Å². The van der Waals surface area contributed by atoms with Crippen molar-refractivity contribution in [2.45, 2.75) is 24.1 Å². The Bertz CT molecular complexity index is 629. The molecule has 0 saturated carbocycles. The molecule has 0 N–H and O–H groups in total. The second kappa shape index (κ2) is 6.10. The molecule has 0 bridgehead atoms. The maximum atomic E-state index is 5.36. The summed E-state index contributed by atoms with van der Waals surface area (Å²) >= 11 is 3.82. The summed E-state index contributed by atoms with van der Waals surface area (Å²) in [4.78, 5) is 0.146. The fraction of sp³-hybridized carbons (Fsp3) is 0.333. The zero-order valence-corrected chi connectivity index (χ0v) is 13.9. The zero-order valence-electron chi connectivity index (χ0n) is 12.4. The lowest BCUT2D eigenvalue weighted by Crippen LogP contribution is -1.97. The van der Waals surface area contributed by atoms with Gasteiger partial charge in [0.2, 0.25) is 0 Å². The Labute approximate surface area is 134 Å². The van der Waals surface area contributed by atoms with Gasteiger partial charge in [-0.25, -0.2) is 0 Å². The van der Waals surface area contributed by atoms with E-state index < -0.39 is 0 Å². The van der Waals surface area contributed by atoms with Crippen LogP contribution in [0.3, 0.4) is 0 Å². The topological polar surface area (TPSA) is 18.5 Å². The highest BCUT2D eigenvalue weighted by Crippen LogP contribution is 2.37. The van der Waals surface area contributed by atoms with E-state index in [4.69, 9.17) is 9.47 Å². The minimum Gasteiger partial charge on any atom is -0.497 e. The third kappa shape index (κ3) is 2.93. The van der Waals surface area contributed by atoms with Crippen molar-refractivity contribution in [3.63, 3.8) is 0 Å². The van der Waals surface area contributed by atoms with Gasteiger partial charge in [-0.1, -0.05) is 34.1 Å². The molecule has 0 aliphatic heterocycles. The van der Waals surface area contributed by atoms with Gasteiger partial charge in [0.25, 0.3) is 0 Å². The highest BCUT2D eigenvalue weighted by molar-refractivity contribution is 9.09. The third-order valence-electron chi connectivity index (χ3n) is 4.08. The largest absolute Gasteiger partial charge is 0.497 e. The van der Waals surface area contributed by atoms with Crippen LogP contribution in [0.25, 0.3) is 0 Å². The summed E-state index contributed by atoms with van der Waals surface area (Å²) in [5.74, 6) is 1.63. The van der Waals surface area contributed by atoms with Crippen LogP contribution in [0.5, 0.6) is 11.5 Å². The van der Waals surface area contributed by atoms with E-state index in [9.17, 15) is 0 Å². The molecule has 0 radical (unpaired) electrons. The molecule has 2 aromatic carbocycles. The van der Waals surface area contributed by atoms with Crippen LogP contribution in [0.1, 0.15) is 33.5 Å². The van der Waals surface area contributed by atoms with Crippen LogP contribution in [0, 0.1) is 0 Å². The van der Waals surface area contributed by atoms with E-state index in [2.05, 4.69) is 46.3 Å². The molecule has 0 spiro atoms. The normalized spacial score (nSPS) is 14.6. The summed E-state index contributed by atoms with van der Waals surface area (Å²) in [6.07, 6.45) is 3.69. The van der Waals surface area contributed by atoms with Crippen molar-refractivity contribution in [3.8, 4) is 11.5 Å². The van der Waals surface area contributed by atoms with Crippen LogP contribution < -0.4 is 9.47 Å². The summed E-state index contributed by atoms with van der Waals surface area (Å²) in [5, 5.41) is 0. The molecule has 3 heteroatoms. The van der Waals surface area contributed by atoms with E-state index in [0.29, 0.717) is 0 Å². The van der Waals surface area contributed by atoms with Crippen molar-refractivity contribution in [3.05, 3.63) is 58.7 Å². The predicted molar refractivity (Wildman–Crippen MR) is 88.8 cm³/mol. The molecule has 1 unspecified atom stereocenters. The molecule has 2 nitrogen and oxygen atoms in total. The van der Waals surface area contributed by atoms with Gasteiger partial charge in [-0.15, -0.1) is 0 Å². The van der Waals surface area contributed by atoms with E-state index in [-0.39, 0.29) is 4.83 Å². The van der Waals surface area contributed by atoms with Crippen LogP contribution in [0.4, 0.5) is 0 Å². The third-order valence-corrected chi connectivity index (χ3v) is 5.14. The average molecular weight is 347 g/mol. The van der Waals surface area contributed by atoms with Crippen molar-refractivity contribution in [1.82, 2.24) is 0 Å². The molecule has 0 saturated heterocycles. The Morgan fingerprint density at radius 3 is 2.19 bits per heavy atom. The van der Waals surface area contributed by atoms with Crippen LogP contribution in [0.15, 0.2) is 36.4 Å². The lowest BCUT2D eigenvalue weighted by atomic mass is 10.00. The van der Waals surface area contributed by atoms with Crippen molar-refractivity contribution in [1.29, 1.82) is 0 Å². The molecular formula is C18H19BrO2. The molecule has 1 aliphatic rings. The molecular weight excluding hydrogens is 328 g/mol. The number of hydrogen-bond donors (Lipinski definition) is 0. The fourth-order valence-corrected chi connectivity index (χ4v) is 3.47. The van der Waals surface area contributed by atoms with Crippen LogP contribution in [-0.4, -0.2) is 14.2 Å². The quantitative estimate of drug-likeness (QED) is 0.748.